The zero-order valence-corrected chi connectivity index (χ0v) is 33.0. The summed E-state index contributed by atoms with van der Waals surface area (Å²) in [6.45, 7) is 6.23. The molecule has 0 aliphatic carbocycles. The van der Waals surface area contributed by atoms with Crippen LogP contribution >= 0.6 is 0 Å². The molecule has 7 nitrogen and oxygen atoms in total. The maximum absolute atomic E-state index is 12.2. The number of carbonyl (C=O) groups excluding carboxylic acids is 2. The Bertz CT molecular complexity index is 909. The molecule has 0 heterocycles. The third-order valence-electron chi connectivity index (χ3n) is 9.37. The van der Waals surface area contributed by atoms with Crippen molar-refractivity contribution >= 4 is 11.9 Å². The smallest absolute Gasteiger partial charge is 0.306 e. The molecule has 0 saturated carbocycles. The highest BCUT2D eigenvalue weighted by Crippen LogP contribution is 2.16. The van der Waals surface area contributed by atoms with Gasteiger partial charge in [-0.1, -0.05) is 185 Å². The fourth-order valence-corrected chi connectivity index (χ4v) is 5.74. The molecule has 0 bridgehead atoms. The van der Waals surface area contributed by atoms with Crippen LogP contribution in [-0.2, 0) is 19.1 Å². The van der Waals surface area contributed by atoms with Gasteiger partial charge in [0.2, 0.25) is 0 Å². The van der Waals surface area contributed by atoms with Crippen molar-refractivity contribution in [3.63, 3.8) is 0 Å². The zero-order chi connectivity index (χ0) is 37.6. The first-order chi connectivity index (χ1) is 24.8. The van der Waals surface area contributed by atoms with E-state index in [4.69, 9.17) is 9.47 Å². The molecule has 7 heteroatoms. The van der Waals surface area contributed by atoms with Gasteiger partial charge >= 0.3 is 11.9 Å². The number of allylic oxidation sites excluding steroid dienone is 6. The maximum Gasteiger partial charge on any atom is 0.306 e. The van der Waals surface area contributed by atoms with Crippen LogP contribution in [0.2, 0.25) is 0 Å². The first-order valence-corrected chi connectivity index (χ1v) is 20.8. The molecule has 0 aliphatic heterocycles. The number of esters is 2. The lowest BCUT2D eigenvalue weighted by molar-refractivity contribution is -0.161. The molecule has 0 radical (unpaired) electrons. The van der Waals surface area contributed by atoms with Gasteiger partial charge in [-0.15, -0.1) is 0 Å². The standard InChI is InChI=1S/C44H78O7/c1-4-6-24-31-40(46)32-26-21-17-15-18-22-27-33-41(47)34-29-36-44(49)51-42(37-45)38-50-43(48)35-28-23-19-14-12-10-8-7-9-11-13-16-20-25-30-39(3)5-2/h17-18,21-22,26-27,32-33,39-42,45-47H,4-16,19-20,23-25,28-31,34-38H2,1-3H3/b21-17-,22-18-,32-26+,33-27+/t39?,40-,41-,42+/m1/s1. The van der Waals surface area contributed by atoms with E-state index in [9.17, 15) is 24.9 Å². The quantitative estimate of drug-likeness (QED) is 0.0336. The minimum Gasteiger partial charge on any atom is -0.462 e. The molecule has 0 spiro atoms. The Balaban J connectivity index is 3.77. The number of carbonyl (C=O) groups is 2. The highest BCUT2D eigenvalue weighted by molar-refractivity contribution is 5.70. The van der Waals surface area contributed by atoms with E-state index in [0.717, 1.165) is 57.3 Å². The summed E-state index contributed by atoms with van der Waals surface area (Å²) in [5.74, 6) is 0.0730. The molecule has 0 saturated heterocycles. The Morgan fingerprint density at radius 3 is 1.57 bits per heavy atom. The molecular formula is C44H78O7. The first kappa shape index (κ1) is 48.8. The third kappa shape index (κ3) is 35.9. The summed E-state index contributed by atoms with van der Waals surface area (Å²) in [6, 6.07) is 0. The lowest BCUT2D eigenvalue weighted by atomic mass is 9.99. The summed E-state index contributed by atoms with van der Waals surface area (Å²) in [5, 5.41) is 29.6. The van der Waals surface area contributed by atoms with Gasteiger partial charge in [0.25, 0.3) is 0 Å². The van der Waals surface area contributed by atoms with E-state index in [2.05, 4.69) is 20.8 Å². The van der Waals surface area contributed by atoms with Gasteiger partial charge in [-0.3, -0.25) is 9.59 Å². The fourth-order valence-electron chi connectivity index (χ4n) is 5.74. The normalized spacial score (nSPS) is 14.5. The number of aliphatic hydroxyl groups is 3. The van der Waals surface area contributed by atoms with Gasteiger partial charge in [0, 0.05) is 12.8 Å². The van der Waals surface area contributed by atoms with Crippen molar-refractivity contribution in [3.05, 3.63) is 48.6 Å². The molecular weight excluding hydrogens is 640 g/mol. The summed E-state index contributed by atoms with van der Waals surface area (Å²) in [6.07, 6.45) is 39.5. The predicted molar refractivity (Wildman–Crippen MR) is 212 cm³/mol. The molecule has 4 atom stereocenters. The number of hydrogen-bond acceptors (Lipinski definition) is 7. The van der Waals surface area contributed by atoms with Gasteiger partial charge in [-0.05, 0) is 38.0 Å². The third-order valence-corrected chi connectivity index (χ3v) is 9.37. The molecule has 51 heavy (non-hydrogen) atoms. The molecule has 0 amide bonds. The monoisotopic (exact) mass is 719 g/mol. The van der Waals surface area contributed by atoms with Gasteiger partial charge in [0.05, 0.1) is 18.8 Å². The van der Waals surface area contributed by atoms with E-state index in [-0.39, 0.29) is 25.1 Å². The summed E-state index contributed by atoms with van der Waals surface area (Å²) in [5.41, 5.74) is 0. The molecule has 296 valence electrons. The lowest BCUT2D eigenvalue weighted by Gasteiger charge is -2.16. The minimum atomic E-state index is -0.878. The number of aliphatic hydroxyl groups excluding tert-OH is 3. The molecule has 0 fully saturated rings. The van der Waals surface area contributed by atoms with Crippen LogP contribution in [0.5, 0.6) is 0 Å². The van der Waals surface area contributed by atoms with Crippen LogP contribution in [0, 0.1) is 5.92 Å². The number of ether oxygens (including phenoxy) is 2. The van der Waals surface area contributed by atoms with Crippen LogP contribution in [0.1, 0.15) is 181 Å². The second kappa shape index (κ2) is 37.5. The number of unbranched alkanes of at least 4 members (excludes halogenated alkanes) is 15. The maximum atomic E-state index is 12.2. The molecule has 0 aromatic carbocycles. The Labute approximate surface area is 313 Å². The molecule has 1 unspecified atom stereocenters. The average molecular weight is 719 g/mol. The fraction of sp³-hybridized carbons (Fsp3) is 0.773. The van der Waals surface area contributed by atoms with Crippen LogP contribution in [0.15, 0.2) is 48.6 Å². The Morgan fingerprint density at radius 2 is 1.06 bits per heavy atom. The van der Waals surface area contributed by atoms with E-state index >= 15 is 0 Å². The van der Waals surface area contributed by atoms with Crippen molar-refractivity contribution in [2.45, 2.75) is 200 Å². The molecule has 0 rings (SSSR count). The number of hydrogen-bond donors (Lipinski definition) is 3. The molecule has 0 aromatic heterocycles. The topological polar surface area (TPSA) is 113 Å². The predicted octanol–water partition coefficient (Wildman–Crippen LogP) is 10.8. The largest absolute Gasteiger partial charge is 0.462 e. The second-order valence-electron chi connectivity index (χ2n) is 14.4. The van der Waals surface area contributed by atoms with Crippen molar-refractivity contribution in [2.75, 3.05) is 13.2 Å². The summed E-state index contributed by atoms with van der Waals surface area (Å²) >= 11 is 0. The van der Waals surface area contributed by atoms with E-state index in [0.29, 0.717) is 19.3 Å². The average Bonchev–Trinajstić information content (AvgIpc) is 3.12. The van der Waals surface area contributed by atoms with Crippen molar-refractivity contribution < 1.29 is 34.4 Å². The van der Waals surface area contributed by atoms with Gasteiger partial charge < -0.3 is 24.8 Å². The Hall–Kier alpha value is -2.22. The molecule has 0 aromatic rings. The van der Waals surface area contributed by atoms with Crippen molar-refractivity contribution in [1.29, 1.82) is 0 Å². The van der Waals surface area contributed by atoms with E-state index < -0.39 is 24.8 Å². The second-order valence-corrected chi connectivity index (χ2v) is 14.4. The Morgan fingerprint density at radius 1 is 0.588 bits per heavy atom. The van der Waals surface area contributed by atoms with E-state index in [1.807, 2.05) is 36.5 Å². The molecule has 3 N–H and O–H groups in total. The highest BCUT2D eigenvalue weighted by Gasteiger charge is 2.16. The highest BCUT2D eigenvalue weighted by atomic mass is 16.6. The lowest BCUT2D eigenvalue weighted by Crippen LogP contribution is -2.28. The van der Waals surface area contributed by atoms with E-state index in [1.54, 1.807) is 12.2 Å². The van der Waals surface area contributed by atoms with Crippen LogP contribution in [-0.4, -0.2) is 58.8 Å². The summed E-state index contributed by atoms with van der Waals surface area (Å²) < 4.78 is 10.5. The SMILES string of the molecule is CCCCC[C@@H](O)/C=C/C=C\C/C=C\C=C\[C@@H](O)CCCC(=O)O[C@@H](CO)COC(=O)CCCCCCCCCCCCCCCCC(C)CC. The van der Waals surface area contributed by atoms with Crippen molar-refractivity contribution in [3.8, 4) is 0 Å². The van der Waals surface area contributed by atoms with Crippen LogP contribution in [0.25, 0.3) is 0 Å². The van der Waals surface area contributed by atoms with Crippen LogP contribution in [0.3, 0.4) is 0 Å². The van der Waals surface area contributed by atoms with Gasteiger partial charge in [0.15, 0.2) is 6.10 Å². The van der Waals surface area contributed by atoms with Gasteiger partial charge in [-0.25, -0.2) is 0 Å². The van der Waals surface area contributed by atoms with Crippen LogP contribution < -0.4 is 0 Å². The van der Waals surface area contributed by atoms with E-state index in [1.165, 1.54) is 83.5 Å². The Kier molecular flexibility index (Phi) is 35.9. The summed E-state index contributed by atoms with van der Waals surface area (Å²) in [4.78, 5) is 24.3. The first-order valence-electron chi connectivity index (χ1n) is 20.8. The summed E-state index contributed by atoms with van der Waals surface area (Å²) in [7, 11) is 0. The van der Waals surface area contributed by atoms with Crippen molar-refractivity contribution in [1.82, 2.24) is 0 Å². The minimum absolute atomic E-state index is 0.107. The van der Waals surface area contributed by atoms with Crippen molar-refractivity contribution in [2.24, 2.45) is 5.92 Å². The molecule has 0 aliphatic rings. The zero-order valence-electron chi connectivity index (χ0n) is 33.0. The van der Waals surface area contributed by atoms with Gasteiger partial charge in [0.1, 0.15) is 6.61 Å². The van der Waals surface area contributed by atoms with Crippen LogP contribution in [0.4, 0.5) is 0 Å². The van der Waals surface area contributed by atoms with Gasteiger partial charge in [-0.2, -0.15) is 0 Å². The number of rotatable bonds is 36.